The predicted octanol–water partition coefficient (Wildman–Crippen LogP) is 3.21. The van der Waals surface area contributed by atoms with E-state index in [4.69, 9.17) is 0 Å². The van der Waals surface area contributed by atoms with Crippen molar-refractivity contribution < 1.29 is 9.59 Å². The number of hydrogen-bond acceptors (Lipinski definition) is 5. The number of benzene rings is 1. The van der Waals surface area contributed by atoms with Gasteiger partial charge in [-0.3, -0.25) is 14.9 Å². The van der Waals surface area contributed by atoms with Gasteiger partial charge >= 0.3 is 0 Å². The lowest BCUT2D eigenvalue weighted by molar-refractivity contribution is -0.115. The molecule has 0 atom stereocenters. The van der Waals surface area contributed by atoms with Crippen LogP contribution in [-0.2, 0) is 4.79 Å². The molecular weight excluding hydrogens is 336 g/mol. The average Bonchev–Trinajstić information content (AvgIpc) is 3.11. The third kappa shape index (κ3) is 4.64. The van der Waals surface area contributed by atoms with E-state index in [1.165, 1.54) is 4.88 Å². The van der Waals surface area contributed by atoms with Gasteiger partial charge in [0.15, 0.2) is 5.13 Å². The Bertz CT molecular complexity index is 753. The Balaban J connectivity index is 1.65. The number of amides is 2. The van der Waals surface area contributed by atoms with Gasteiger partial charge in [0.05, 0.1) is 0 Å². The van der Waals surface area contributed by atoms with Gasteiger partial charge in [0.1, 0.15) is 0 Å². The second-order valence-electron chi connectivity index (χ2n) is 6.03. The fourth-order valence-corrected chi connectivity index (χ4v) is 3.78. The quantitative estimate of drug-likeness (QED) is 0.766. The molecule has 2 heterocycles. The second kappa shape index (κ2) is 8.22. The minimum atomic E-state index is -0.223. The van der Waals surface area contributed by atoms with E-state index >= 15 is 0 Å². The van der Waals surface area contributed by atoms with Crippen LogP contribution in [0.2, 0.25) is 0 Å². The summed E-state index contributed by atoms with van der Waals surface area (Å²) in [6, 6.07) is 6.91. The Kier molecular flexibility index (Phi) is 5.78. The van der Waals surface area contributed by atoms with Crippen molar-refractivity contribution in [3.8, 4) is 0 Å². The Hall–Kier alpha value is -2.25. The number of carbonyl (C=O) groups excluding carboxylic acids is 2. The van der Waals surface area contributed by atoms with Crippen molar-refractivity contribution in [2.75, 3.05) is 23.7 Å². The molecule has 2 amide bonds. The minimum absolute atomic E-state index is 0.0795. The van der Waals surface area contributed by atoms with Gasteiger partial charge in [-0.2, -0.15) is 0 Å². The van der Waals surface area contributed by atoms with E-state index in [1.807, 2.05) is 6.20 Å². The molecule has 7 heteroatoms. The lowest BCUT2D eigenvalue weighted by Gasteiger charge is -2.20. The fraction of sp³-hybridized carbons (Fsp3) is 0.389. The molecule has 1 fully saturated rings. The molecule has 0 spiro atoms. The average molecular weight is 358 g/mol. The third-order valence-corrected chi connectivity index (χ3v) is 5.29. The van der Waals surface area contributed by atoms with E-state index in [-0.39, 0.29) is 11.8 Å². The highest BCUT2D eigenvalue weighted by Crippen LogP contribution is 2.31. The fourth-order valence-electron chi connectivity index (χ4n) is 2.80. The molecule has 0 aliphatic carbocycles. The molecular formula is C18H22N4O2S. The number of aromatic nitrogens is 1. The number of nitrogens with zero attached hydrogens (tertiary/aromatic N) is 1. The highest BCUT2D eigenvalue weighted by atomic mass is 32.1. The van der Waals surface area contributed by atoms with Gasteiger partial charge < -0.3 is 10.6 Å². The van der Waals surface area contributed by atoms with Crippen molar-refractivity contribution in [3.05, 3.63) is 40.9 Å². The zero-order chi connectivity index (χ0) is 17.6. The summed E-state index contributed by atoms with van der Waals surface area (Å²) in [6.07, 6.45) is 4.48. The van der Waals surface area contributed by atoms with Crippen molar-refractivity contribution in [3.63, 3.8) is 0 Å². The molecule has 0 unspecified atom stereocenters. The van der Waals surface area contributed by atoms with Crippen LogP contribution in [0.1, 0.15) is 47.3 Å². The second-order valence-corrected chi connectivity index (χ2v) is 7.09. The maximum absolute atomic E-state index is 12.4. The Morgan fingerprint density at radius 2 is 2.08 bits per heavy atom. The normalized spacial score (nSPS) is 14.9. The maximum atomic E-state index is 12.4. The van der Waals surface area contributed by atoms with E-state index in [0.717, 1.165) is 25.9 Å². The molecule has 6 nitrogen and oxygen atoms in total. The number of anilines is 2. The Labute approximate surface area is 151 Å². The predicted molar refractivity (Wildman–Crippen MR) is 100 cm³/mol. The highest BCUT2D eigenvalue weighted by Gasteiger charge is 2.18. The lowest BCUT2D eigenvalue weighted by atomic mass is 9.97. The molecule has 2 aromatic rings. The van der Waals surface area contributed by atoms with Gasteiger partial charge in [0.2, 0.25) is 5.91 Å². The summed E-state index contributed by atoms with van der Waals surface area (Å²) >= 11 is 1.54. The Morgan fingerprint density at radius 1 is 1.28 bits per heavy atom. The molecule has 25 heavy (non-hydrogen) atoms. The van der Waals surface area contributed by atoms with Crippen LogP contribution in [0, 0.1) is 0 Å². The molecule has 0 radical (unpaired) electrons. The van der Waals surface area contributed by atoms with Crippen LogP contribution in [0.15, 0.2) is 30.5 Å². The molecule has 132 valence electrons. The van der Waals surface area contributed by atoms with Gasteiger partial charge in [0.25, 0.3) is 5.91 Å². The number of carbonyl (C=O) groups is 2. The number of rotatable bonds is 5. The SMILES string of the molecule is CCC(=O)Nc1cccc(C(=O)Nc2ncc(C3CCNCC3)s2)c1. The van der Waals surface area contributed by atoms with Crippen LogP contribution in [0.25, 0.3) is 0 Å². The first-order valence-electron chi connectivity index (χ1n) is 8.53. The monoisotopic (exact) mass is 358 g/mol. The van der Waals surface area contributed by atoms with Crippen LogP contribution < -0.4 is 16.0 Å². The van der Waals surface area contributed by atoms with Crippen molar-refractivity contribution >= 4 is 34.0 Å². The van der Waals surface area contributed by atoms with Crippen molar-refractivity contribution in [2.24, 2.45) is 0 Å². The first kappa shape index (κ1) is 17.6. The van der Waals surface area contributed by atoms with Gasteiger partial charge in [-0.25, -0.2) is 4.98 Å². The summed E-state index contributed by atoms with van der Waals surface area (Å²) in [5, 5.41) is 9.58. The summed E-state index contributed by atoms with van der Waals surface area (Å²) < 4.78 is 0. The first-order chi connectivity index (χ1) is 12.2. The van der Waals surface area contributed by atoms with Crippen molar-refractivity contribution in [1.29, 1.82) is 0 Å². The van der Waals surface area contributed by atoms with Gasteiger partial charge in [-0.05, 0) is 50.0 Å². The first-order valence-corrected chi connectivity index (χ1v) is 9.35. The zero-order valence-electron chi connectivity index (χ0n) is 14.2. The smallest absolute Gasteiger partial charge is 0.257 e. The molecule has 0 bridgehead atoms. The van der Waals surface area contributed by atoms with E-state index in [1.54, 1.807) is 42.5 Å². The maximum Gasteiger partial charge on any atom is 0.257 e. The molecule has 0 saturated carbocycles. The number of thiazole rings is 1. The molecule has 1 aromatic heterocycles. The standard InChI is InChI=1S/C18H22N4O2S/c1-2-16(23)21-14-5-3-4-13(10-14)17(24)22-18-20-11-15(25-18)12-6-8-19-9-7-12/h3-5,10-12,19H,2,6-9H2,1H3,(H,21,23)(H,20,22,24). The Morgan fingerprint density at radius 3 is 2.84 bits per heavy atom. The van der Waals surface area contributed by atoms with Crippen LogP contribution >= 0.6 is 11.3 Å². The minimum Gasteiger partial charge on any atom is -0.326 e. The molecule has 1 aromatic carbocycles. The summed E-state index contributed by atoms with van der Waals surface area (Å²) in [7, 11) is 0. The molecule has 3 rings (SSSR count). The summed E-state index contributed by atoms with van der Waals surface area (Å²) in [4.78, 5) is 29.5. The topological polar surface area (TPSA) is 83.1 Å². The highest BCUT2D eigenvalue weighted by molar-refractivity contribution is 7.15. The van der Waals surface area contributed by atoms with Crippen LogP contribution in [-0.4, -0.2) is 29.9 Å². The van der Waals surface area contributed by atoms with E-state index in [2.05, 4.69) is 20.9 Å². The van der Waals surface area contributed by atoms with Crippen LogP contribution in [0.3, 0.4) is 0 Å². The summed E-state index contributed by atoms with van der Waals surface area (Å²) in [5.74, 6) is 0.222. The molecule has 1 saturated heterocycles. The lowest BCUT2D eigenvalue weighted by Crippen LogP contribution is -2.26. The molecule has 1 aliphatic rings. The summed E-state index contributed by atoms with van der Waals surface area (Å²) in [6.45, 7) is 3.84. The van der Waals surface area contributed by atoms with E-state index in [0.29, 0.717) is 28.7 Å². The number of nitrogens with one attached hydrogen (secondary N) is 3. The van der Waals surface area contributed by atoms with Crippen molar-refractivity contribution in [2.45, 2.75) is 32.1 Å². The zero-order valence-corrected chi connectivity index (χ0v) is 15.0. The number of hydrogen-bond donors (Lipinski definition) is 3. The third-order valence-electron chi connectivity index (χ3n) is 4.22. The van der Waals surface area contributed by atoms with Crippen LogP contribution in [0.4, 0.5) is 10.8 Å². The molecule has 3 N–H and O–H groups in total. The van der Waals surface area contributed by atoms with Crippen LogP contribution in [0.5, 0.6) is 0 Å². The van der Waals surface area contributed by atoms with Gasteiger partial charge in [0, 0.05) is 28.7 Å². The van der Waals surface area contributed by atoms with Gasteiger partial charge in [-0.1, -0.05) is 13.0 Å². The number of piperidine rings is 1. The van der Waals surface area contributed by atoms with Crippen molar-refractivity contribution in [1.82, 2.24) is 10.3 Å². The summed E-state index contributed by atoms with van der Waals surface area (Å²) in [5.41, 5.74) is 1.11. The molecule has 1 aliphatic heterocycles. The largest absolute Gasteiger partial charge is 0.326 e. The van der Waals surface area contributed by atoms with E-state index < -0.39 is 0 Å². The van der Waals surface area contributed by atoms with Gasteiger partial charge in [-0.15, -0.1) is 11.3 Å². The van der Waals surface area contributed by atoms with E-state index in [9.17, 15) is 9.59 Å².